The topological polar surface area (TPSA) is 203 Å². The number of hydrogen-bond acceptors (Lipinski definition) is 10. The summed E-state index contributed by atoms with van der Waals surface area (Å²) in [4.78, 5) is 60.1. The number of nitrogens with zero attached hydrogens (tertiary/aromatic N) is 6. The number of piperidine rings is 2. The highest BCUT2D eigenvalue weighted by atomic mass is 19.2. The second-order valence-corrected chi connectivity index (χ2v) is 15.2. The number of rotatable bonds is 6. The van der Waals surface area contributed by atoms with Crippen molar-refractivity contribution in [2.45, 2.75) is 12.1 Å². The van der Waals surface area contributed by atoms with E-state index in [9.17, 15) is 55.7 Å². The van der Waals surface area contributed by atoms with Crippen LogP contribution in [0.25, 0.3) is 33.4 Å². The molecule has 2 aliphatic carbocycles. The first-order valence-corrected chi connectivity index (χ1v) is 18.4. The summed E-state index contributed by atoms with van der Waals surface area (Å²) in [5, 5.41) is 18.1. The third-order valence-corrected chi connectivity index (χ3v) is 11.7. The van der Waals surface area contributed by atoms with Crippen LogP contribution in [0.2, 0.25) is 0 Å². The van der Waals surface area contributed by atoms with Gasteiger partial charge in [0.05, 0.1) is 22.1 Å². The highest BCUT2D eigenvalue weighted by Crippen LogP contribution is 2.46. The van der Waals surface area contributed by atoms with Crippen LogP contribution in [0, 0.1) is 58.6 Å². The summed E-state index contributed by atoms with van der Waals surface area (Å²) in [6.07, 6.45) is 1.82. The van der Waals surface area contributed by atoms with Gasteiger partial charge in [-0.05, 0) is 60.1 Å². The van der Waals surface area contributed by atoms with Crippen LogP contribution in [-0.4, -0.2) is 79.5 Å². The van der Waals surface area contributed by atoms with Gasteiger partial charge in [0.25, 0.3) is 0 Å². The van der Waals surface area contributed by atoms with Crippen molar-refractivity contribution < 1.29 is 46.1 Å². The summed E-state index contributed by atoms with van der Waals surface area (Å²) in [7, 11) is 0. The van der Waals surface area contributed by atoms with Gasteiger partial charge in [0.1, 0.15) is 34.4 Å². The van der Waals surface area contributed by atoms with Crippen molar-refractivity contribution in [2.75, 3.05) is 36.0 Å². The standard InChI is InChI=1S/2C20H15F3N4O3/c2*21-8-1-2-15(13(22)3-8)27-7-12(20(29)30)17(28)9-4-14(23)19(25-18(9)27)26-5-10-11(6-26)16(10)24/h2*1-4,7,10-11,16H,5-6,24H2,(H,29,30)/t2*10-,11+,16?. The van der Waals surface area contributed by atoms with Crippen LogP contribution in [0.4, 0.5) is 38.0 Å². The molecule has 0 amide bonds. The van der Waals surface area contributed by atoms with Crippen LogP contribution < -0.4 is 32.1 Å². The normalized spacial score (nSPS) is 22.4. The molecular formula is C40H30F6N8O6. The first kappa shape index (κ1) is 38.7. The number of nitrogens with two attached hydrogens (primary N) is 2. The molecule has 2 saturated carbocycles. The van der Waals surface area contributed by atoms with E-state index in [1.807, 2.05) is 0 Å². The molecule has 6 aromatic rings. The zero-order valence-corrected chi connectivity index (χ0v) is 30.7. The molecule has 20 heteroatoms. The lowest BCUT2D eigenvalue weighted by Gasteiger charge is -2.22. The molecule has 6 atom stereocenters. The van der Waals surface area contributed by atoms with Gasteiger partial charge in [0, 0.05) is 62.8 Å². The molecule has 14 nitrogen and oxygen atoms in total. The number of benzene rings is 2. The zero-order valence-electron chi connectivity index (χ0n) is 30.7. The Kier molecular flexibility index (Phi) is 8.97. The van der Waals surface area contributed by atoms with Crippen molar-refractivity contribution in [1.29, 1.82) is 0 Å². The number of hydrogen-bond donors (Lipinski definition) is 4. The van der Waals surface area contributed by atoms with Crippen molar-refractivity contribution in [1.82, 2.24) is 19.1 Å². The van der Waals surface area contributed by atoms with Crippen molar-refractivity contribution in [3.63, 3.8) is 0 Å². The maximum atomic E-state index is 14.8. The Balaban J connectivity index is 0.000000154. The molecule has 6 N–H and O–H groups in total. The average Bonchev–Trinajstić information content (AvgIpc) is 3.74. The lowest BCUT2D eigenvalue weighted by molar-refractivity contribution is 0.0684. The first-order chi connectivity index (χ1) is 28.5. The van der Waals surface area contributed by atoms with Gasteiger partial charge in [-0.2, -0.15) is 0 Å². The van der Waals surface area contributed by atoms with E-state index >= 15 is 0 Å². The van der Waals surface area contributed by atoms with E-state index < -0.39 is 68.8 Å². The Morgan fingerprint density at radius 2 is 0.917 bits per heavy atom. The largest absolute Gasteiger partial charge is 0.477 e. The van der Waals surface area contributed by atoms with E-state index in [-0.39, 0.29) is 80.8 Å². The Hall–Kier alpha value is -6.80. The predicted molar refractivity (Wildman–Crippen MR) is 203 cm³/mol. The van der Waals surface area contributed by atoms with Gasteiger partial charge in [-0.25, -0.2) is 45.9 Å². The number of aromatic carboxylic acids is 2. The Bertz CT molecular complexity index is 2760. The summed E-state index contributed by atoms with van der Waals surface area (Å²) in [5.41, 5.74) is 7.88. The van der Waals surface area contributed by atoms with E-state index in [1.165, 1.54) is 0 Å². The lowest BCUT2D eigenvalue weighted by atomic mass is 10.1. The smallest absolute Gasteiger partial charge is 0.341 e. The monoisotopic (exact) mass is 832 g/mol. The van der Waals surface area contributed by atoms with Gasteiger partial charge in [-0.15, -0.1) is 0 Å². The van der Waals surface area contributed by atoms with Crippen LogP contribution in [0.1, 0.15) is 20.7 Å². The minimum absolute atomic E-state index is 0.0272. The van der Waals surface area contributed by atoms with Crippen LogP contribution in [0.3, 0.4) is 0 Å². The third-order valence-electron chi connectivity index (χ3n) is 11.7. The lowest BCUT2D eigenvalue weighted by Crippen LogP contribution is -2.30. The highest BCUT2D eigenvalue weighted by Gasteiger charge is 2.55. The molecule has 2 aromatic carbocycles. The number of aromatic nitrogens is 4. The molecule has 4 aliphatic rings. The van der Waals surface area contributed by atoms with E-state index in [0.717, 1.165) is 57.9 Å². The quantitative estimate of drug-likeness (QED) is 0.177. The molecule has 10 rings (SSSR count). The second kappa shape index (κ2) is 13.9. The molecule has 2 aliphatic heterocycles. The molecule has 308 valence electrons. The van der Waals surface area contributed by atoms with E-state index in [2.05, 4.69) is 9.97 Å². The van der Waals surface area contributed by atoms with Crippen molar-refractivity contribution >= 4 is 45.6 Å². The van der Waals surface area contributed by atoms with E-state index in [1.54, 1.807) is 9.80 Å². The fourth-order valence-corrected chi connectivity index (χ4v) is 8.39. The van der Waals surface area contributed by atoms with Gasteiger partial charge < -0.3 is 31.5 Å². The third kappa shape index (κ3) is 6.29. The summed E-state index contributed by atoms with van der Waals surface area (Å²) in [6, 6.07) is 7.39. The predicted octanol–water partition coefficient (Wildman–Crippen LogP) is 3.79. The molecule has 0 radical (unpaired) electrons. The van der Waals surface area contributed by atoms with E-state index in [4.69, 9.17) is 11.5 Å². The summed E-state index contributed by atoms with van der Waals surface area (Å²) in [6.45, 7) is 2.01. The fraction of sp³-hybridized carbons (Fsp3) is 0.250. The van der Waals surface area contributed by atoms with Crippen LogP contribution in [-0.2, 0) is 0 Å². The number of anilines is 2. The molecule has 0 bridgehead atoms. The maximum Gasteiger partial charge on any atom is 0.341 e. The maximum absolute atomic E-state index is 14.8. The molecule has 60 heavy (non-hydrogen) atoms. The molecule has 2 unspecified atom stereocenters. The minimum Gasteiger partial charge on any atom is -0.477 e. The van der Waals surface area contributed by atoms with Gasteiger partial charge >= 0.3 is 11.9 Å². The van der Waals surface area contributed by atoms with Crippen molar-refractivity contribution in [3.05, 3.63) is 127 Å². The molecule has 4 fully saturated rings. The van der Waals surface area contributed by atoms with Gasteiger partial charge in [0.2, 0.25) is 10.9 Å². The molecular weight excluding hydrogens is 802 g/mol. The summed E-state index contributed by atoms with van der Waals surface area (Å²) < 4.78 is 87.4. The van der Waals surface area contributed by atoms with E-state index in [0.29, 0.717) is 38.3 Å². The summed E-state index contributed by atoms with van der Waals surface area (Å²) in [5.74, 6) is -7.41. The van der Waals surface area contributed by atoms with Crippen molar-refractivity contribution in [2.24, 2.45) is 35.1 Å². The Morgan fingerprint density at radius 3 is 1.23 bits per heavy atom. The molecule has 6 heterocycles. The molecule has 2 saturated heterocycles. The number of carbonyl (C=O) groups is 2. The number of halogens is 6. The first-order valence-electron chi connectivity index (χ1n) is 18.4. The molecule has 0 spiro atoms. The highest BCUT2D eigenvalue weighted by molar-refractivity contribution is 5.93. The average molecular weight is 833 g/mol. The van der Waals surface area contributed by atoms with Crippen LogP contribution in [0.15, 0.2) is 70.5 Å². The summed E-state index contributed by atoms with van der Waals surface area (Å²) >= 11 is 0. The van der Waals surface area contributed by atoms with Gasteiger partial charge in [-0.3, -0.25) is 18.7 Å². The minimum atomic E-state index is -1.56. The Morgan fingerprint density at radius 1 is 0.567 bits per heavy atom. The number of fused-ring (bicyclic) bond motifs is 4. The zero-order chi connectivity index (χ0) is 42.6. The molecule has 4 aromatic heterocycles. The SMILES string of the molecule is NC1[C@H]2CN(c3nc4c(cc3F)c(=O)c(C(=O)O)cn4-c3ccc(F)cc3F)C[C@@H]12.NC1[C@H]2CN(c3nc4c(cc3F)c(=O)c(C(=O)O)cn4-c3ccc(F)cc3F)C[C@@H]12. The van der Waals surface area contributed by atoms with Crippen LogP contribution >= 0.6 is 0 Å². The Labute approximate surface area is 332 Å². The van der Waals surface area contributed by atoms with Gasteiger partial charge in [0.15, 0.2) is 34.6 Å². The van der Waals surface area contributed by atoms with Crippen molar-refractivity contribution in [3.8, 4) is 11.4 Å². The number of pyridine rings is 4. The second-order valence-electron chi connectivity index (χ2n) is 15.2. The van der Waals surface area contributed by atoms with Gasteiger partial charge in [-0.1, -0.05) is 0 Å². The van der Waals surface area contributed by atoms with Crippen LogP contribution in [0.5, 0.6) is 0 Å². The fourth-order valence-electron chi connectivity index (χ4n) is 8.39. The number of carboxylic acid groups (broad SMARTS) is 2. The number of carboxylic acids is 2.